The molecule has 0 radical (unpaired) electrons. The van der Waals surface area contributed by atoms with Crippen LogP contribution in [0.1, 0.15) is 69.2 Å². The Labute approximate surface area is 150 Å². The van der Waals surface area contributed by atoms with E-state index < -0.39 is 11.6 Å². The molecule has 0 heterocycles. The highest BCUT2D eigenvalue weighted by Crippen LogP contribution is 2.34. The van der Waals surface area contributed by atoms with E-state index in [9.17, 15) is 0 Å². The molecule has 0 aromatic rings. The maximum absolute atomic E-state index is 6.20. The molecule has 0 unspecified atom stereocenters. The molecule has 0 fully saturated rings. The molecule has 0 bridgehead atoms. The van der Waals surface area contributed by atoms with Gasteiger partial charge in [-0.2, -0.15) is 0 Å². The Morgan fingerprint density at radius 2 is 0.625 bits per heavy atom. The average Bonchev–Trinajstić information content (AvgIpc) is 2.46. The lowest BCUT2D eigenvalue weighted by Gasteiger charge is -2.45. The first-order valence-corrected chi connectivity index (χ1v) is 9.47. The van der Waals surface area contributed by atoms with E-state index in [0.717, 1.165) is 0 Å². The van der Waals surface area contributed by atoms with Crippen molar-refractivity contribution in [1.82, 2.24) is 0 Å². The van der Waals surface area contributed by atoms with E-state index in [0.29, 0.717) is 50.1 Å². The number of hydrogen-bond acceptors (Lipinski definition) is 4. The normalized spacial score (nSPS) is 13.8. The summed E-state index contributed by atoms with van der Waals surface area (Å²) in [6, 6.07) is 0. The summed E-state index contributed by atoms with van der Waals surface area (Å²) in [7, 11) is 0. The van der Waals surface area contributed by atoms with Crippen LogP contribution in [-0.4, -0.2) is 38.0 Å². The topological polar surface area (TPSA) is 36.9 Å². The van der Waals surface area contributed by atoms with Crippen LogP contribution >= 0.6 is 0 Å². The molecular weight excluding hydrogens is 304 g/mol. The lowest BCUT2D eigenvalue weighted by molar-refractivity contribution is -0.402. The molecule has 0 amide bonds. The maximum Gasteiger partial charge on any atom is 0.220 e. The number of rotatable bonds is 13. The van der Waals surface area contributed by atoms with Crippen LogP contribution < -0.4 is 0 Å². The molecule has 0 spiro atoms. The fourth-order valence-electron chi connectivity index (χ4n) is 1.91. The van der Waals surface area contributed by atoms with Crippen LogP contribution in [0.5, 0.6) is 0 Å². The van der Waals surface area contributed by atoms with E-state index in [2.05, 4.69) is 55.4 Å². The lowest BCUT2D eigenvalue weighted by Crippen LogP contribution is -2.58. The first-order valence-electron chi connectivity index (χ1n) is 9.47. The summed E-state index contributed by atoms with van der Waals surface area (Å²) in [4.78, 5) is 0. The fourth-order valence-corrected chi connectivity index (χ4v) is 1.91. The van der Waals surface area contributed by atoms with Crippen LogP contribution in [0.2, 0.25) is 0 Å². The Kier molecular flexibility index (Phi) is 10.7. The largest absolute Gasteiger partial charge is 0.345 e. The monoisotopic (exact) mass is 346 g/mol. The zero-order valence-corrected chi connectivity index (χ0v) is 17.8. The predicted octanol–water partition coefficient (Wildman–Crippen LogP) is 5.11. The van der Waals surface area contributed by atoms with Gasteiger partial charge in [0.25, 0.3) is 0 Å². The van der Waals surface area contributed by atoms with Gasteiger partial charge in [0.05, 0.1) is 26.4 Å². The molecule has 0 aromatic carbocycles. The molecule has 0 rings (SSSR count). The molecule has 0 saturated heterocycles. The number of ether oxygens (including phenoxy) is 4. The van der Waals surface area contributed by atoms with Crippen LogP contribution in [0.15, 0.2) is 0 Å². The SMILES string of the molecule is CC(C)COC(C)(OCC(C)C)C(C)(OCC(C)C)OCC(C)C. The van der Waals surface area contributed by atoms with Gasteiger partial charge in [-0.1, -0.05) is 55.4 Å². The minimum Gasteiger partial charge on any atom is -0.345 e. The molecule has 146 valence electrons. The van der Waals surface area contributed by atoms with E-state index in [1.54, 1.807) is 0 Å². The molecule has 0 N–H and O–H groups in total. The van der Waals surface area contributed by atoms with Crippen LogP contribution in [-0.2, 0) is 18.9 Å². The highest BCUT2D eigenvalue weighted by atomic mass is 16.8. The highest BCUT2D eigenvalue weighted by molar-refractivity contribution is 4.83. The third-order valence-corrected chi connectivity index (χ3v) is 3.59. The van der Waals surface area contributed by atoms with Crippen LogP contribution in [0.25, 0.3) is 0 Å². The highest BCUT2D eigenvalue weighted by Gasteiger charge is 2.50. The second-order valence-electron chi connectivity index (χ2n) is 8.71. The molecule has 0 aliphatic carbocycles. The molecule has 4 heteroatoms. The van der Waals surface area contributed by atoms with E-state index in [1.807, 2.05) is 13.8 Å². The third-order valence-electron chi connectivity index (χ3n) is 3.59. The minimum absolute atomic E-state index is 0.409. The summed E-state index contributed by atoms with van der Waals surface area (Å²) in [6.45, 7) is 23.3. The average molecular weight is 347 g/mol. The Balaban J connectivity index is 5.38. The van der Waals surface area contributed by atoms with Crippen molar-refractivity contribution in [3.05, 3.63) is 0 Å². The van der Waals surface area contributed by atoms with E-state index in [1.165, 1.54) is 0 Å². The molecule has 24 heavy (non-hydrogen) atoms. The summed E-state index contributed by atoms with van der Waals surface area (Å²) in [5.74, 6) is -0.271. The van der Waals surface area contributed by atoms with Gasteiger partial charge in [-0.25, -0.2) is 0 Å². The van der Waals surface area contributed by atoms with Crippen molar-refractivity contribution in [3.8, 4) is 0 Å². The van der Waals surface area contributed by atoms with Gasteiger partial charge < -0.3 is 18.9 Å². The Bertz CT molecular complexity index is 268. The summed E-state index contributed by atoms with van der Waals surface area (Å²) in [5, 5.41) is 0. The van der Waals surface area contributed by atoms with Gasteiger partial charge >= 0.3 is 0 Å². The second-order valence-corrected chi connectivity index (χ2v) is 8.71. The van der Waals surface area contributed by atoms with Crippen molar-refractivity contribution < 1.29 is 18.9 Å². The standard InChI is InChI=1S/C20H42O4/c1-15(2)11-21-19(9,22-12-16(3)4)20(10,23-13-17(5)6)24-14-18(7)8/h15-18H,11-14H2,1-10H3. The fraction of sp³-hybridized carbons (Fsp3) is 1.00. The summed E-state index contributed by atoms with van der Waals surface area (Å²) in [5.41, 5.74) is 0. The van der Waals surface area contributed by atoms with Gasteiger partial charge in [0.15, 0.2) is 0 Å². The molecule has 0 aliphatic rings. The van der Waals surface area contributed by atoms with Crippen molar-refractivity contribution in [2.75, 3.05) is 26.4 Å². The van der Waals surface area contributed by atoms with Crippen molar-refractivity contribution in [3.63, 3.8) is 0 Å². The Hall–Kier alpha value is -0.160. The van der Waals surface area contributed by atoms with Crippen LogP contribution in [0.4, 0.5) is 0 Å². The summed E-state index contributed by atoms with van der Waals surface area (Å²) in [6.07, 6.45) is 0. The minimum atomic E-state index is -0.953. The summed E-state index contributed by atoms with van der Waals surface area (Å²) < 4.78 is 24.8. The van der Waals surface area contributed by atoms with Crippen molar-refractivity contribution in [1.29, 1.82) is 0 Å². The molecule has 0 saturated carbocycles. The van der Waals surface area contributed by atoms with Gasteiger partial charge in [0.1, 0.15) is 0 Å². The third kappa shape index (κ3) is 8.80. The van der Waals surface area contributed by atoms with Crippen molar-refractivity contribution >= 4 is 0 Å². The molecule has 0 aromatic heterocycles. The smallest absolute Gasteiger partial charge is 0.220 e. The van der Waals surface area contributed by atoms with E-state index in [-0.39, 0.29) is 0 Å². The molecule has 4 nitrogen and oxygen atoms in total. The Morgan fingerprint density at radius 1 is 0.458 bits per heavy atom. The van der Waals surface area contributed by atoms with Gasteiger partial charge in [-0.3, -0.25) is 0 Å². The van der Waals surface area contributed by atoms with E-state index >= 15 is 0 Å². The van der Waals surface area contributed by atoms with E-state index in [4.69, 9.17) is 18.9 Å². The first kappa shape index (κ1) is 23.8. The second kappa shape index (κ2) is 10.7. The van der Waals surface area contributed by atoms with Gasteiger partial charge in [-0.15, -0.1) is 0 Å². The molecule has 0 aliphatic heterocycles. The van der Waals surface area contributed by atoms with Gasteiger partial charge in [0.2, 0.25) is 11.6 Å². The van der Waals surface area contributed by atoms with Crippen molar-refractivity contribution in [2.45, 2.75) is 80.8 Å². The predicted molar refractivity (Wildman–Crippen MR) is 100.0 cm³/mol. The van der Waals surface area contributed by atoms with Crippen LogP contribution in [0.3, 0.4) is 0 Å². The Morgan fingerprint density at radius 3 is 0.750 bits per heavy atom. The lowest BCUT2D eigenvalue weighted by atomic mass is 10.1. The summed E-state index contributed by atoms with van der Waals surface area (Å²) >= 11 is 0. The quantitative estimate of drug-likeness (QED) is 0.434. The zero-order chi connectivity index (χ0) is 19.0. The van der Waals surface area contributed by atoms with Crippen molar-refractivity contribution in [2.24, 2.45) is 23.7 Å². The first-order chi connectivity index (χ1) is 10.9. The zero-order valence-electron chi connectivity index (χ0n) is 17.8. The van der Waals surface area contributed by atoms with Crippen LogP contribution in [0, 0.1) is 23.7 Å². The van der Waals surface area contributed by atoms with Gasteiger partial charge in [-0.05, 0) is 37.5 Å². The maximum atomic E-state index is 6.20. The van der Waals surface area contributed by atoms with Gasteiger partial charge in [0, 0.05) is 0 Å². The number of hydrogen-bond donors (Lipinski definition) is 0. The molecular formula is C20H42O4. The molecule has 0 atom stereocenters.